The number of nitrogens with zero attached hydrogens (tertiary/aromatic N) is 2. The fourth-order valence-corrected chi connectivity index (χ4v) is 2.50. The fourth-order valence-electron chi connectivity index (χ4n) is 2.10. The molecule has 0 amide bonds. The van der Waals surface area contributed by atoms with Crippen LogP contribution in [0.2, 0.25) is 0 Å². The number of rotatable bonds is 3. The van der Waals surface area contributed by atoms with Crippen LogP contribution >= 0.6 is 15.9 Å². The minimum Gasteiger partial charge on any atom is -0.327 e. The van der Waals surface area contributed by atoms with Crippen molar-refractivity contribution in [3.05, 3.63) is 77.0 Å². The molecule has 0 bridgehead atoms. The SMILES string of the molecule is Brc1cccc(-c2nccn2Cc2ccccc2)c1. The van der Waals surface area contributed by atoms with Gasteiger partial charge in [0.15, 0.2) is 0 Å². The molecule has 0 atom stereocenters. The van der Waals surface area contributed by atoms with Crippen molar-refractivity contribution in [3.8, 4) is 11.4 Å². The lowest BCUT2D eigenvalue weighted by Crippen LogP contribution is -2.00. The van der Waals surface area contributed by atoms with Crippen LogP contribution in [0.15, 0.2) is 71.5 Å². The Morgan fingerprint density at radius 1 is 1.00 bits per heavy atom. The second-order valence-electron chi connectivity index (χ2n) is 4.37. The Kier molecular flexibility index (Phi) is 3.47. The maximum atomic E-state index is 4.47. The van der Waals surface area contributed by atoms with Crippen LogP contribution in [-0.2, 0) is 6.54 Å². The third-order valence-electron chi connectivity index (χ3n) is 2.99. The molecule has 0 aliphatic heterocycles. The third-order valence-corrected chi connectivity index (χ3v) is 3.49. The van der Waals surface area contributed by atoms with E-state index in [0.29, 0.717) is 0 Å². The molecule has 0 aliphatic carbocycles. The predicted molar refractivity (Wildman–Crippen MR) is 80.9 cm³/mol. The monoisotopic (exact) mass is 312 g/mol. The normalized spacial score (nSPS) is 10.6. The molecule has 94 valence electrons. The lowest BCUT2D eigenvalue weighted by atomic mass is 10.2. The van der Waals surface area contributed by atoms with Crippen LogP contribution in [0.25, 0.3) is 11.4 Å². The van der Waals surface area contributed by atoms with Gasteiger partial charge in [-0.05, 0) is 17.7 Å². The molecule has 19 heavy (non-hydrogen) atoms. The third kappa shape index (κ3) is 2.76. The van der Waals surface area contributed by atoms with Gasteiger partial charge in [-0.2, -0.15) is 0 Å². The Labute approximate surface area is 120 Å². The van der Waals surface area contributed by atoms with Gasteiger partial charge in [-0.15, -0.1) is 0 Å². The first-order valence-electron chi connectivity index (χ1n) is 6.14. The van der Waals surface area contributed by atoms with Crippen molar-refractivity contribution in [1.82, 2.24) is 9.55 Å². The van der Waals surface area contributed by atoms with Crippen LogP contribution in [0, 0.1) is 0 Å². The molecule has 1 heterocycles. The molecule has 2 nitrogen and oxygen atoms in total. The van der Waals surface area contributed by atoms with Crippen LogP contribution < -0.4 is 0 Å². The maximum absolute atomic E-state index is 4.47. The van der Waals surface area contributed by atoms with Gasteiger partial charge in [0.1, 0.15) is 5.82 Å². The summed E-state index contributed by atoms with van der Waals surface area (Å²) in [6.07, 6.45) is 3.86. The maximum Gasteiger partial charge on any atom is 0.140 e. The lowest BCUT2D eigenvalue weighted by molar-refractivity contribution is 0.807. The highest BCUT2D eigenvalue weighted by atomic mass is 79.9. The Morgan fingerprint density at radius 2 is 1.84 bits per heavy atom. The number of benzene rings is 2. The molecule has 3 aromatic rings. The molecule has 0 fully saturated rings. The van der Waals surface area contributed by atoms with Crippen LogP contribution in [0.4, 0.5) is 0 Å². The van der Waals surface area contributed by atoms with E-state index < -0.39 is 0 Å². The molecule has 0 N–H and O–H groups in total. The highest BCUT2D eigenvalue weighted by molar-refractivity contribution is 9.10. The van der Waals surface area contributed by atoms with Crippen LogP contribution in [-0.4, -0.2) is 9.55 Å². The Hall–Kier alpha value is -1.87. The summed E-state index contributed by atoms with van der Waals surface area (Å²) in [4.78, 5) is 4.47. The van der Waals surface area contributed by atoms with E-state index in [9.17, 15) is 0 Å². The highest BCUT2D eigenvalue weighted by Crippen LogP contribution is 2.22. The molecule has 0 unspecified atom stereocenters. The van der Waals surface area contributed by atoms with Crippen molar-refractivity contribution < 1.29 is 0 Å². The minimum absolute atomic E-state index is 0.836. The van der Waals surface area contributed by atoms with Gasteiger partial charge in [-0.3, -0.25) is 0 Å². The van der Waals surface area contributed by atoms with Gasteiger partial charge < -0.3 is 4.57 Å². The number of aromatic nitrogens is 2. The molecule has 1 aromatic heterocycles. The molecule has 0 saturated heterocycles. The van der Waals surface area contributed by atoms with Gasteiger partial charge in [0.2, 0.25) is 0 Å². The minimum atomic E-state index is 0.836. The first-order chi connectivity index (χ1) is 9.33. The Bertz CT molecular complexity index is 674. The topological polar surface area (TPSA) is 17.8 Å². The molecule has 2 aromatic carbocycles. The van der Waals surface area contributed by atoms with Crippen molar-refractivity contribution >= 4 is 15.9 Å². The molecular weight excluding hydrogens is 300 g/mol. The lowest BCUT2D eigenvalue weighted by Gasteiger charge is -2.08. The molecule has 3 rings (SSSR count). The van der Waals surface area contributed by atoms with E-state index in [4.69, 9.17) is 0 Å². The largest absolute Gasteiger partial charge is 0.327 e. The summed E-state index contributed by atoms with van der Waals surface area (Å²) in [5.74, 6) is 0.991. The van der Waals surface area contributed by atoms with Gasteiger partial charge in [0, 0.05) is 29.0 Å². The molecule has 3 heteroatoms. The first-order valence-corrected chi connectivity index (χ1v) is 6.93. The first kappa shape index (κ1) is 12.2. The van der Waals surface area contributed by atoms with Gasteiger partial charge in [-0.1, -0.05) is 58.4 Å². The van der Waals surface area contributed by atoms with E-state index in [-0.39, 0.29) is 0 Å². The van der Waals surface area contributed by atoms with Crippen LogP contribution in [0.5, 0.6) is 0 Å². The number of imidazole rings is 1. The van der Waals surface area contributed by atoms with E-state index >= 15 is 0 Å². The molecular formula is C16H13BrN2. The number of hydrogen-bond donors (Lipinski definition) is 0. The van der Waals surface area contributed by atoms with Crippen molar-refractivity contribution in [1.29, 1.82) is 0 Å². The van der Waals surface area contributed by atoms with E-state index in [1.807, 2.05) is 30.6 Å². The van der Waals surface area contributed by atoms with E-state index in [2.05, 4.69) is 61.9 Å². The summed E-state index contributed by atoms with van der Waals surface area (Å²) < 4.78 is 3.23. The fraction of sp³-hybridized carbons (Fsp3) is 0.0625. The molecule has 0 aliphatic rings. The quantitative estimate of drug-likeness (QED) is 0.702. The van der Waals surface area contributed by atoms with Gasteiger partial charge in [-0.25, -0.2) is 4.98 Å². The Morgan fingerprint density at radius 3 is 2.63 bits per heavy atom. The predicted octanol–water partition coefficient (Wildman–Crippen LogP) is 4.36. The summed E-state index contributed by atoms with van der Waals surface area (Å²) in [5.41, 5.74) is 2.40. The summed E-state index contributed by atoms with van der Waals surface area (Å²) in [6, 6.07) is 18.6. The molecule has 0 saturated carbocycles. The second-order valence-corrected chi connectivity index (χ2v) is 5.29. The average molecular weight is 313 g/mol. The van der Waals surface area contributed by atoms with Gasteiger partial charge in [0.05, 0.1) is 0 Å². The second kappa shape index (κ2) is 5.41. The summed E-state index contributed by atoms with van der Waals surface area (Å²) in [7, 11) is 0. The summed E-state index contributed by atoms with van der Waals surface area (Å²) in [6.45, 7) is 0.836. The van der Waals surface area contributed by atoms with Crippen molar-refractivity contribution in [2.45, 2.75) is 6.54 Å². The van der Waals surface area contributed by atoms with Crippen LogP contribution in [0.3, 0.4) is 0 Å². The zero-order valence-electron chi connectivity index (χ0n) is 10.3. The van der Waals surface area contributed by atoms with Crippen LogP contribution in [0.1, 0.15) is 5.56 Å². The number of halogens is 1. The van der Waals surface area contributed by atoms with Gasteiger partial charge in [0.25, 0.3) is 0 Å². The Balaban J connectivity index is 1.95. The van der Waals surface area contributed by atoms with Gasteiger partial charge >= 0.3 is 0 Å². The molecule has 0 radical (unpaired) electrons. The summed E-state index contributed by atoms with van der Waals surface area (Å²) in [5, 5.41) is 0. The smallest absolute Gasteiger partial charge is 0.140 e. The number of hydrogen-bond acceptors (Lipinski definition) is 1. The van der Waals surface area contributed by atoms with E-state index in [1.165, 1.54) is 5.56 Å². The molecule has 0 spiro atoms. The zero-order chi connectivity index (χ0) is 13.1. The average Bonchev–Trinajstić information content (AvgIpc) is 2.88. The van der Waals surface area contributed by atoms with Crippen molar-refractivity contribution in [3.63, 3.8) is 0 Å². The van der Waals surface area contributed by atoms with Crippen molar-refractivity contribution in [2.75, 3.05) is 0 Å². The summed E-state index contributed by atoms with van der Waals surface area (Å²) >= 11 is 3.50. The van der Waals surface area contributed by atoms with E-state index in [1.54, 1.807) is 0 Å². The zero-order valence-corrected chi connectivity index (χ0v) is 11.9. The standard InChI is InChI=1S/C16H13BrN2/c17-15-8-4-7-14(11-15)16-18-9-10-19(16)12-13-5-2-1-3-6-13/h1-11H,12H2. The highest BCUT2D eigenvalue weighted by Gasteiger charge is 2.06. The van der Waals surface area contributed by atoms with Crippen molar-refractivity contribution in [2.24, 2.45) is 0 Å². The van der Waals surface area contributed by atoms with E-state index in [0.717, 1.165) is 22.4 Å².